The average Bonchev–Trinajstić information content (AvgIpc) is 0.822. The van der Waals surface area contributed by atoms with E-state index in [1.165, 1.54) is 28.4 Å². The SMILES string of the molecule is COOCC(CC(COCC(COCC(COC(=O)CCSC(C)C)(COC(=O)CCSC(C)C)CC(COOC)SC(C)C)(COC(=O)CCSC(C)C)COC(=O)CCSC(C)C)(COCC(COC(=O)CCSC(C)C)(CC(COOC)SC(C)C)CC(COOC)SC(C)C)COC(=O)CCSC(C)C)SC(C)C. The molecule has 0 heterocycles. The maximum atomic E-state index is 14.4. The lowest BCUT2D eigenvalue weighted by atomic mass is 9.79. The van der Waals surface area contributed by atoms with Gasteiger partial charge in [0.25, 0.3) is 0 Å². The van der Waals surface area contributed by atoms with Gasteiger partial charge >= 0.3 is 35.8 Å². The molecule has 0 aromatic rings. The lowest BCUT2D eigenvalue weighted by Crippen LogP contribution is -2.48. The second-order valence-electron chi connectivity index (χ2n) is 31.3. The van der Waals surface area contributed by atoms with Crippen molar-refractivity contribution in [1.82, 2.24) is 0 Å². The van der Waals surface area contributed by atoms with Crippen LogP contribution in [0.3, 0.4) is 0 Å². The number of thioether (sulfide) groups is 10. The van der Waals surface area contributed by atoms with Gasteiger partial charge < -0.3 is 42.6 Å². The van der Waals surface area contributed by atoms with Crippen LogP contribution in [-0.4, -0.2) is 278 Å². The van der Waals surface area contributed by atoms with Crippen molar-refractivity contribution in [2.45, 2.75) is 276 Å². The molecule has 113 heavy (non-hydrogen) atoms. The van der Waals surface area contributed by atoms with Gasteiger partial charge in [-0.25, -0.2) is 39.1 Å². The van der Waals surface area contributed by atoms with Crippen molar-refractivity contribution >= 4 is 153 Å². The minimum Gasteiger partial charge on any atom is -0.465 e. The van der Waals surface area contributed by atoms with Crippen LogP contribution in [0.2, 0.25) is 0 Å². The molecule has 0 saturated heterocycles. The molecule has 33 heteroatoms. The number of carbonyl (C=O) groups excluding carboxylic acids is 6. The molecule has 0 aliphatic heterocycles. The minimum atomic E-state index is -1.50. The van der Waals surface area contributed by atoms with Crippen LogP contribution < -0.4 is 0 Å². The third kappa shape index (κ3) is 61.8. The molecule has 0 aromatic heterocycles. The molecule has 0 N–H and O–H groups in total. The summed E-state index contributed by atoms with van der Waals surface area (Å²) in [5.41, 5.74) is -4.91. The summed E-state index contributed by atoms with van der Waals surface area (Å²) in [5, 5.41) is 1.00. The van der Waals surface area contributed by atoms with Gasteiger partial charge in [-0.3, -0.25) is 28.8 Å². The van der Waals surface area contributed by atoms with Crippen LogP contribution in [0.5, 0.6) is 0 Å². The van der Waals surface area contributed by atoms with Gasteiger partial charge in [-0.2, -0.15) is 118 Å². The zero-order valence-electron chi connectivity index (χ0n) is 73.2. The first-order valence-electron chi connectivity index (χ1n) is 40.0. The standard InChI is InChI=1S/C80H150O23S10/c1-57(2)104-31-25-71(81)94-51-77(37-67(41-100-87-21)110-63(13)14,38-68(42-101-88-22)111-64(15)16)45-91-46-78(39-69(43-102-89-23)112-65(17)18,52-95-72(82)26-32-105-58(3)4)47-92-49-80(55-98-75(85)29-35-108-61(9)10,56-99-76(86)30-36-109-62(11)12)50-93-48-79(40-70(44-103-90-24)113-66(19)20,53-96-73(83)27-33-106-59(5)6)54-97-74(84)28-34-107-60(7)8/h57-70H,25-56H2,1-24H3. The Morgan fingerprint density at radius 3 is 0.593 bits per heavy atom. The molecule has 0 fully saturated rings. The number of ether oxygens (including phenoxy) is 9. The lowest BCUT2D eigenvalue weighted by molar-refractivity contribution is -0.274. The average molecular weight is 1800 g/mol. The predicted octanol–water partition coefficient (Wildman–Crippen LogP) is 17.3. The highest BCUT2D eigenvalue weighted by Crippen LogP contribution is 2.43. The molecule has 0 aliphatic carbocycles. The molecule has 0 rings (SSSR count). The van der Waals surface area contributed by atoms with E-state index in [0.717, 1.165) is 0 Å². The highest BCUT2D eigenvalue weighted by Gasteiger charge is 2.45. The fourth-order valence-corrected chi connectivity index (χ4v) is 21.4. The van der Waals surface area contributed by atoms with Crippen molar-refractivity contribution in [3.8, 4) is 0 Å². The molecule has 23 nitrogen and oxygen atoms in total. The summed E-state index contributed by atoms with van der Waals surface area (Å²) in [7, 11) is 5.84. The van der Waals surface area contributed by atoms with Crippen LogP contribution in [0.1, 0.15) is 203 Å². The Hall–Kier alpha value is -0.120. The van der Waals surface area contributed by atoms with Crippen LogP contribution >= 0.6 is 118 Å². The van der Waals surface area contributed by atoms with Crippen LogP contribution in [0.25, 0.3) is 0 Å². The summed E-state index contributed by atoms with van der Waals surface area (Å²) in [5.74, 6) is 0.422. The Labute approximate surface area is 724 Å². The van der Waals surface area contributed by atoms with Crippen molar-refractivity contribution in [3.05, 3.63) is 0 Å². The van der Waals surface area contributed by atoms with Gasteiger partial charge in [0, 0.05) is 60.9 Å². The molecule has 0 aliphatic rings. The first kappa shape index (κ1) is 113. The Kier molecular flexibility index (Phi) is 67.3. The minimum absolute atomic E-state index is 0.0186. The molecule has 0 radical (unpaired) electrons. The van der Waals surface area contributed by atoms with Crippen molar-refractivity contribution < 1.29 is 110 Å². The highest BCUT2D eigenvalue weighted by atomic mass is 32.2. The smallest absolute Gasteiger partial charge is 0.306 e. The zero-order chi connectivity index (χ0) is 85.3. The first-order valence-corrected chi connectivity index (χ1v) is 50.1. The molecule has 0 aromatic carbocycles. The topological polar surface area (TPSA) is 259 Å². The van der Waals surface area contributed by atoms with Crippen molar-refractivity contribution in [2.75, 3.05) is 169 Å². The molecular formula is C80H150O23S10. The Balaban J connectivity index is 9.46. The fraction of sp³-hybridized carbons (Fsp3) is 0.925. The summed E-state index contributed by atoms with van der Waals surface area (Å²) < 4.78 is 60.0. The van der Waals surface area contributed by atoms with Gasteiger partial charge in [0.2, 0.25) is 0 Å². The summed E-state index contributed by atoms with van der Waals surface area (Å²) in [4.78, 5) is 129. The van der Waals surface area contributed by atoms with Gasteiger partial charge in [0.15, 0.2) is 0 Å². The normalized spacial score (nSPS) is 14.6. The second-order valence-corrected chi connectivity index (χ2v) is 48.9. The van der Waals surface area contributed by atoms with Crippen LogP contribution in [0, 0.1) is 21.7 Å². The van der Waals surface area contributed by atoms with E-state index < -0.39 is 51.5 Å². The molecule has 5 unspecified atom stereocenters. The molecule has 0 saturated carbocycles. The van der Waals surface area contributed by atoms with Crippen LogP contribution in [0.4, 0.5) is 0 Å². The van der Waals surface area contributed by atoms with E-state index >= 15 is 0 Å². The Bertz CT molecular complexity index is 2350. The van der Waals surface area contributed by atoms with Gasteiger partial charge in [0.1, 0.15) is 33.0 Å². The van der Waals surface area contributed by atoms with Crippen molar-refractivity contribution in [3.63, 3.8) is 0 Å². The summed E-state index contributed by atoms with van der Waals surface area (Å²) in [6, 6.07) is 0. The quantitative estimate of drug-likeness (QED) is 0.0237. The zero-order valence-corrected chi connectivity index (χ0v) is 81.3. The van der Waals surface area contributed by atoms with Gasteiger partial charge in [-0.05, 0) is 78.2 Å². The fourth-order valence-electron chi connectivity index (χ4n) is 11.4. The Morgan fingerprint density at radius 1 is 0.230 bits per heavy atom. The van der Waals surface area contributed by atoms with E-state index in [9.17, 15) is 28.8 Å². The maximum Gasteiger partial charge on any atom is 0.306 e. The number of esters is 6. The van der Waals surface area contributed by atoms with E-state index in [0.29, 0.717) is 52.6 Å². The number of carbonyl (C=O) groups is 6. The van der Waals surface area contributed by atoms with Crippen LogP contribution in [-0.2, 0) is 110 Å². The molecule has 5 atom stereocenters. The van der Waals surface area contributed by atoms with Crippen molar-refractivity contribution in [1.29, 1.82) is 0 Å². The largest absolute Gasteiger partial charge is 0.465 e. The summed E-state index contributed by atoms with van der Waals surface area (Å²) in [6.07, 6.45) is 2.07. The van der Waals surface area contributed by atoms with Crippen LogP contribution in [0.15, 0.2) is 0 Å². The maximum absolute atomic E-state index is 14.4. The van der Waals surface area contributed by atoms with Gasteiger partial charge in [-0.15, -0.1) is 0 Å². The van der Waals surface area contributed by atoms with E-state index in [2.05, 4.69) is 138 Å². The number of rotatable bonds is 76. The second kappa shape index (κ2) is 67.4. The molecule has 668 valence electrons. The molecular weight excluding hydrogens is 1650 g/mol. The monoisotopic (exact) mass is 1800 g/mol. The van der Waals surface area contributed by atoms with E-state index in [-0.39, 0.29) is 231 Å². The highest BCUT2D eigenvalue weighted by molar-refractivity contribution is 8.02. The predicted molar refractivity (Wildman–Crippen MR) is 478 cm³/mol. The third-order valence-electron chi connectivity index (χ3n) is 16.2. The third-order valence-corrected chi connectivity index (χ3v) is 27.8. The summed E-state index contributed by atoms with van der Waals surface area (Å²) >= 11 is 16.5. The van der Waals surface area contributed by atoms with Crippen molar-refractivity contribution in [2.24, 2.45) is 21.7 Å². The summed E-state index contributed by atoms with van der Waals surface area (Å²) in [6.45, 7) is 39.8. The number of hydrogen-bond donors (Lipinski definition) is 0. The van der Waals surface area contributed by atoms with E-state index in [4.69, 9.17) is 81.7 Å². The van der Waals surface area contributed by atoms with E-state index in [1.54, 1.807) is 118 Å². The molecule has 0 spiro atoms. The van der Waals surface area contributed by atoms with Gasteiger partial charge in [0.05, 0.1) is 156 Å². The number of hydrogen-bond acceptors (Lipinski definition) is 33. The Morgan fingerprint density at radius 2 is 0.398 bits per heavy atom. The molecule has 0 amide bonds. The lowest BCUT2D eigenvalue weighted by Gasteiger charge is -2.41. The van der Waals surface area contributed by atoms with Gasteiger partial charge in [-0.1, -0.05) is 138 Å². The molecule has 0 bridgehead atoms. The first-order chi connectivity index (χ1) is 53.4. The van der Waals surface area contributed by atoms with E-state index in [1.807, 2.05) is 0 Å².